The molecule has 1 spiro atoms. The van der Waals surface area contributed by atoms with Gasteiger partial charge in [-0.1, -0.05) is 32.9 Å². The molecule has 1 amide bonds. The van der Waals surface area contributed by atoms with Crippen LogP contribution in [0.15, 0.2) is 24.3 Å². The third-order valence-corrected chi connectivity index (χ3v) is 6.89. The van der Waals surface area contributed by atoms with Crippen molar-refractivity contribution < 1.29 is 40.4 Å². The highest BCUT2D eigenvalue weighted by Gasteiger charge is 2.52. The number of benzene rings is 1. The molecule has 2 atom stereocenters. The summed E-state index contributed by atoms with van der Waals surface area (Å²) in [6.07, 6.45) is 0.311. The Balaban J connectivity index is 1.88. The third-order valence-electron chi connectivity index (χ3n) is 5.91. The summed E-state index contributed by atoms with van der Waals surface area (Å²) in [5, 5.41) is 9.20. The van der Waals surface area contributed by atoms with Gasteiger partial charge in [0.15, 0.2) is 0 Å². The molecule has 11 heteroatoms. The van der Waals surface area contributed by atoms with E-state index in [0.29, 0.717) is 37.9 Å². The molecule has 1 aromatic rings. The van der Waals surface area contributed by atoms with Gasteiger partial charge in [-0.25, -0.2) is 4.79 Å². The lowest BCUT2D eigenvalue weighted by atomic mass is 9.75. The van der Waals surface area contributed by atoms with Crippen LogP contribution in [0, 0.1) is 5.41 Å². The van der Waals surface area contributed by atoms with Gasteiger partial charge in [0.25, 0.3) is 0 Å². The van der Waals surface area contributed by atoms with Crippen LogP contribution >= 0.6 is 0 Å². The Morgan fingerprint density at radius 2 is 1.84 bits per heavy atom. The summed E-state index contributed by atoms with van der Waals surface area (Å²) in [5.74, 6) is -0.627. The first-order chi connectivity index (χ1) is 14.1. The highest BCUT2D eigenvalue weighted by atomic mass is 32.2. The van der Waals surface area contributed by atoms with E-state index in [-0.39, 0.29) is 17.4 Å². The van der Waals surface area contributed by atoms with Crippen LogP contribution in [0.3, 0.4) is 0 Å². The average molecular weight is 465 g/mol. The quantitative estimate of drug-likeness (QED) is 0.527. The highest BCUT2D eigenvalue weighted by Crippen LogP contribution is 2.51. The van der Waals surface area contributed by atoms with E-state index in [4.69, 9.17) is 4.74 Å². The van der Waals surface area contributed by atoms with Gasteiger partial charge in [0, 0.05) is 19.0 Å². The van der Waals surface area contributed by atoms with E-state index in [1.54, 1.807) is 6.07 Å². The van der Waals surface area contributed by atoms with Crippen LogP contribution in [0.4, 0.5) is 18.0 Å². The molecule has 2 aliphatic rings. The number of hydrogen-bond donors (Lipinski definition) is 1. The molecule has 2 heterocycles. The number of nitrogens with zero attached hydrogens (tertiary/aromatic N) is 1. The fraction of sp³-hybridized carbons (Fsp3) is 0.650. The Labute approximate surface area is 179 Å². The summed E-state index contributed by atoms with van der Waals surface area (Å²) in [5.41, 5.74) is -5.75. The maximum atomic E-state index is 12.7. The lowest BCUT2D eigenvalue weighted by Gasteiger charge is -2.39. The second-order valence-electron chi connectivity index (χ2n) is 9.22. The number of rotatable bonds is 3. The zero-order valence-corrected chi connectivity index (χ0v) is 18.3. The molecule has 0 radical (unpaired) electrons. The van der Waals surface area contributed by atoms with Crippen molar-refractivity contribution in [1.29, 1.82) is 0 Å². The van der Waals surface area contributed by atoms with Crippen molar-refractivity contribution in [3.63, 3.8) is 0 Å². The predicted octanol–water partition coefficient (Wildman–Crippen LogP) is 4.35. The number of halogens is 3. The molecule has 2 fully saturated rings. The predicted molar refractivity (Wildman–Crippen MR) is 105 cm³/mol. The van der Waals surface area contributed by atoms with E-state index in [9.17, 15) is 31.5 Å². The molecule has 2 saturated heterocycles. The first-order valence-corrected chi connectivity index (χ1v) is 11.3. The van der Waals surface area contributed by atoms with Crippen LogP contribution in [0.5, 0.6) is 5.75 Å². The molecule has 2 unspecified atom stereocenters. The van der Waals surface area contributed by atoms with Crippen molar-refractivity contribution in [3.05, 3.63) is 29.8 Å². The zero-order valence-electron chi connectivity index (χ0n) is 17.5. The van der Waals surface area contributed by atoms with Gasteiger partial charge in [-0.3, -0.25) is 0 Å². The number of hydrogen-bond acceptors (Lipinski definition) is 5. The van der Waals surface area contributed by atoms with E-state index in [1.165, 1.54) is 17.0 Å². The highest BCUT2D eigenvalue weighted by molar-refractivity contribution is 7.88. The molecule has 1 aromatic carbocycles. The molecule has 0 aliphatic carbocycles. The van der Waals surface area contributed by atoms with Crippen molar-refractivity contribution in [2.45, 2.75) is 63.2 Å². The van der Waals surface area contributed by atoms with Crippen molar-refractivity contribution in [2.24, 2.45) is 5.41 Å². The third kappa shape index (κ3) is 4.92. The van der Waals surface area contributed by atoms with Gasteiger partial charge in [0.05, 0.1) is 11.7 Å². The van der Waals surface area contributed by atoms with Gasteiger partial charge >= 0.3 is 21.7 Å². The maximum Gasteiger partial charge on any atom is 0.534 e. The normalized spacial score (nSPS) is 24.4. The first-order valence-electron chi connectivity index (χ1n) is 9.90. The lowest BCUT2D eigenvalue weighted by molar-refractivity contribution is -0.105. The SMILES string of the molecule is CC(C)(C)C1OC2(CCN(C(=O)O)CC2)CC1c1cccc(OS(=O)(=O)C(F)(F)F)c1. The van der Waals surface area contributed by atoms with Crippen molar-refractivity contribution in [1.82, 2.24) is 4.90 Å². The van der Waals surface area contributed by atoms with Crippen LogP contribution < -0.4 is 4.18 Å². The molecule has 0 saturated carbocycles. The minimum absolute atomic E-state index is 0.214. The number of amides is 1. The molecule has 0 bridgehead atoms. The topological polar surface area (TPSA) is 93.1 Å². The Bertz CT molecular complexity index is 933. The molecule has 3 rings (SSSR count). The number of carbonyl (C=O) groups is 1. The Hall–Kier alpha value is -2.01. The summed E-state index contributed by atoms with van der Waals surface area (Å²) < 4.78 is 71.6. The van der Waals surface area contributed by atoms with E-state index < -0.39 is 33.1 Å². The van der Waals surface area contributed by atoms with Gasteiger partial charge in [-0.2, -0.15) is 21.6 Å². The van der Waals surface area contributed by atoms with Crippen LogP contribution in [0.25, 0.3) is 0 Å². The summed E-state index contributed by atoms with van der Waals surface area (Å²) in [6.45, 7) is 6.65. The number of carboxylic acid groups (broad SMARTS) is 1. The van der Waals surface area contributed by atoms with E-state index in [0.717, 1.165) is 6.07 Å². The Kier molecular flexibility index (Phi) is 5.98. The van der Waals surface area contributed by atoms with E-state index in [1.807, 2.05) is 20.8 Å². The van der Waals surface area contributed by atoms with Gasteiger partial charge < -0.3 is 18.9 Å². The molecule has 0 aromatic heterocycles. The summed E-state index contributed by atoms with van der Waals surface area (Å²) >= 11 is 0. The van der Waals surface area contributed by atoms with Crippen molar-refractivity contribution in [2.75, 3.05) is 13.1 Å². The summed E-state index contributed by atoms with van der Waals surface area (Å²) in [7, 11) is -5.77. The van der Waals surface area contributed by atoms with E-state index >= 15 is 0 Å². The lowest BCUT2D eigenvalue weighted by Crippen LogP contribution is -2.46. The first kappa shape index (κ1) is 23.6. The minimum atomic E-state index is -5.77. The van der Waals surface area contributed by atoms with Gasteiger partial charge in [-0.15, -0.1) is 0 Å². The van der Waals surface area contributed by atoms with Crippen LogP contribution in [0.1, 0.15) is 51.5 Å². The molecule has 1 N–H and O–H groups in total. The van der Waals surface area contributed by atoms with Crippen LogP contribution in [-0.2, 0) is 14.9 Å². The van der Waals surface area contributed by atoms with Crippen LogP contribution in [-0.4, -0.2) is 54.8 Å². The minimum Gasteiger partial charge on any atom is -0.465 e. The van der Waals surface area contributed by atoms with Crippen molar-refractivity contribution >= 4 is 16.2 Å². The Morgan fingerprint density at radius 1 is 1.23 bits per heavy atom. The average Bonchev–Trinajstić information content (AvgIpc) is 3.01. The molecular weight excluding hydrogens is 439 g/mol. The second-order valence-corrected chi connectivity index (χ2v) is 10.8. The molecular formula is C20H26F3NO6S. The fourth-order valence-corrected chi connectivity index (χ4v) is 4.83. The summed E-state index contributed by atoms with van der Waals surface area (Å²) in [4.78, 5) is 12.6. The standard InChI is InChI=1S/C20H26F3NO6S/c1-18(2,3)16-15(12-19(29-16)7-9-24(10-8-19)17(25)26)13-5-4-6-14(11-13)30-31(27,28)20(21,22)23/h4-6,11,15-16H,7-10,12H2,1-3H3,(H,25,26). The van der Waals surface area contributed by atoms with Gasteiger partial charge in [-0.05, 0) is 42.4 Å². The molecule has 7 nitrogen and oxygen atoms in total. The number of ether oxygens (including phenoxy) is 1. The second kappa shape index (κ2) is 7.84. The monoisotopic (exact) mass is 465 g/mol. The number of alkyl halides is 3. The number of likely N-dealkylation sites (tertiary alicyclic amines) is 1. The fourth-order valence-electron chi connectivity index (χ4n) is 4.38. The van der Waals surface area contributed by atoms with Crippen molar-refractivity contribution in [3.8, 4) is 5.75 Å². The molecule has 174 valence electrons. The maximum absolute atomic E-state index is 12.7. The van der Waals surface area contributed by atoms with Gasteiger partial charge in [0.2, 0.25) is 0 Å². The smallest absolute Gasteiger partial charge is 0.465 e. The van der Waals surface area contributed by atoms with Crippen LogP contribution in [0.2, 0.25) is 0 Å². The van der Waals surface area contributed by atoms with Gasteiger partial charge in [0.1, 0.15) is 5.75 Å². The van der Waals surface area contributed by atoms with E-state index in [2.05, 4.69) is 4.18 Å². The largest absolute Gasteiger partial charge is 0.534 e. The number of piperidine rings is 1. The zero-order chi connectivity index (χ0) is 23.2. The molecule has 2 aliphatic heterocycles. The Morgan fingerprint density at radius 3 is 2.35 bits per heavy atom. The molecule has 31 heavy (non-hydrogen) atoms. The summed E-state index contributed by atoms with van der Waals surface area (Å²) in [6, 6.07) is 5.64.